The molecule has 0 spiro atoms. The second-order valence-electron chi connectivity index (χ2n) is 7.63. The van der Waals surface area contributed by atoms with Gasteiger partial charge in [-0.15, -0.1) is 0 Å². The second kappa shape index (κ2) is 10.3. The number of carbonyl (C=O) groups excluding carboxylic acids is 1. The number of benzene rings is 4. The molecule has 0 N–H and O–H groups in total. The number of carbonyl (C=O) groups is 1. The summed E-state index contributed by atoms with van der Waals surface area (Å²) in [7, 11) is 0. The van der Waals surface area contributed by atoms with E-state index in [9.17, 15) is 4.79 Å². The molecule has 0 radical (unpaired) electrons. The van der Waals surface area contributed by atoms with Crippen LogP contribution in [0.1, 0.15) is 27.0 Å². The first-order valence-corrected chi connectivity index (χ1v) is 10.6. The predicted molar refractivity (Wildman–Crippen MR) is 130 cm³/mol. The van der Waals surface area contributed by atoms with Crippen LogP contribution < -0.4 is 9.47 Å². The van der Waals surface area contributed by atoms with Gasteiger partial charge in [0.1, 0.15) is 24.7 Å². The van der Waals surface area contributed by atoms with E-state index in [0.29, 0.717) is 29.4 Å². The van der Waals surface area contributed by atoms with E-state index in [-0.39, 0.29) is 6.61 Å². The van der Waals surface area contributed by atoms with Gasteiger partial charge in [0.25, 0.3) is 0 Å². The van der Waals surface area contributed by atoms with Gasteiger partial charge in [-0.05, 0) is 52.9 Å². The third kappa shape index (κ3) is 5.28. The van der Waals surface area contributed by atoms with Crippen molar-refractivity contribution in [2.24, 2.45) is 0 Å². The molecule has 4 heteroatoms. The van der Waals surface area contributed by atoms with Crippen LogP contribution in [-0.2, 0) is 13.2 Å². The summed E-state index contributed by atoms with van der Waals surface area (Å²) in [6.07, 6.45) is 0.766. The van der Waals surface area contributed by atoms with Crippen LogP contribution in [0.2, 0.25) is 0 Å². The third-order valence-corrected chi connectivity index (χ3v) is 5.47. The summed E-state index contributed by atoms with van der Waals surface area (Å²) in [5.41, 5.74) is 6.48. The Morgan fingerprint density at radius 3 is 2.45 bits per heavy atom. The van der Waals surface area contributed by atoms with E-state index in [0.717, 1.165) is 17.4 Å². The summed E-state index contributed by atoms with van der Waals surface area (Å²) in [6.45, 7) is 9.90. The van der Waals surface area contributed by atoms with Crippen molar-refractivity contribution in [2.45, 2.75) is 20.1 Å². The average Bonchev–Trinajstić information content (AvgIpc) is 2.87. The van der Waals surface area contributed by atoms with E-state index in [4.69, 9.17) is 16.0 Å². The van der Waals surface area contributed by atoms with Crippen molar-refractivity contribution in [2.75, 3.05) is 0 Å². The minimum atomic E-state index is 0.256. The zero-order chi connectivity index (χ0) is 23.0. The van der Waals surface area contributed by atoms with Crippen molar-refractivity contribution in [1.82, 2.24) is 0 Å². The van der Waals surface area contributed by atoms with Crippen LogP contribution in [0.3, 0.4) is 0 Å². The molecule has 33 heavy (non-hydrogen) atoms. The number of hydrogen-bond donors (Lipinski definition) is 0. The number of hydrogen-bond acceptors (Lipinski definition) is 3. The first-order chi connectivity index (χ1) is 16.2. The van der Waals surface area contributed by atoms with Crippen molar-refractivity contribution in [3.8, 4) is 22.6 Å². The van der Waals surface area contributed by atoms with Gasteiger partial charge in [-0.25, -0.2) is 4.85 Å². The van der Waals surface area contributed by atoms with Crippen LogP contribution in [0, 0.1) is 13.5 Å². The van der Waals surface area contributed by atoms with Crippen molar-refractivity contribution >= 4 is 12.0 Å². The van der Waals surface area contributed by atoms with Crippen LogP contribution in [0.15, 0.2) is 91.0 Å². The van der Waals surface area contributed by atoms with E-state index in [1.807, 2.05) is 36.4 Å². The highest BCUT2D eigenvalue weighted by molar-refractivity contribution is 5.79. The molecule has 0 atom stereocenters. The van der Waals surface area contributed by atoms with E-state index < -0.39 is 0 Å². The largest absolute Gasteiger partial charge is 0.489 e. The highest BCUT2D eigenvalue weighted by Gasteiger charge is 2.09. The zero-order valence-corrected chi connectivity index (χ0v) is 18.3. The molecule has 0 aromatic heterocycles. The maximum Gasteiger partial charge on any atom is 0.187 e. The van der Waals surface area contributed by atoms with Gasteiger partial charge in [-0.3, -0.25) is 4.79 Å². The second-order valence-corrected chi connectivity index (χ2v) is 7.63. The van der Waals surface area contributed by atoms with Gasteiger partial charge in [0.2, 0.25) is 0 Å². The molecule has 4 nitrogen and oxygen atoms in total. The summed E-state index contributed by atoms with van der Waals surface area (Å²) in [5, 5.41) is 0. The molecule has 0 aliphatic carbocycles. The molecule has 0 aliphatic heterocycles. The summed E-state index contributed by atoms with van der Waals surface area (Å²) < 4.78 is 11.9. The highest BCUT2D eigenvalue weighted by atomic mass is 16.5. The van der Waals surface area contributed by atoms with Gasteiger partial charge in [0.05, 0.1) is 12.1 Å². The van der Waals surface area contributed by atoms with Gasteiger partial charge >= 0.3 is 0 Å². The fourth-order valence-electron chi connectivity index (χ4n) is 3.64. The predicted octanol–water partition coefficient (Wildman–Crippen LogP) is 7.18. The maximum atomic E-state index is 11.5. The van der Waals surface area contributed by atoms with Crippen LogP contribution in [0.5, 0.6) is 11.5 Å². The number of aldehydes is 1. The van der Waals surface area contributed by atoms with Crippen LogP contribution in [0.4, 0.5) is 5.69 Å². The summed E-state index contributed by atoms with van der Waals surface area (Å²) in [6, 6.07) is 28.9. The molecule has 0 bridgehead atoms. The lowest BCUT2D eigenvalue weighted by Crippen LogP contribution is -2.01. The molecular weight excluding hydrogens is 410 g/mol. The summed E-state index contributed by atoms with van der Waals surface area (Å²) in [4.78, 5) is 14.9. The van der Waals surface area contributed by atoms with E-state index in [1.54, 1.807) is 30.3 Å². The van der Waals surface area contributed by atoms with Gasteiger partial charge < -0.3 is 9.47 Å². The lowest BCUT2D eigenvalue weighted by atomic mass is 9.97. The topological polar surface area (TPSA) is 39.9 Å². The maximum absolute atomic E-state index is 11.5. The van der Waals surface area contributed by atoms with E-state index in [2.05, 4.69) is 36.0 Å². The molecule has 0 saturated carbocycles. The normalized spacial score (nSPS) is 10.3. The molecule has 0 amide bonds. The summed E-state index contributed by atoms with van der Waals surface area (Å²) in [5.74, 6) is 1.07. The van der Waals surface area contributed by atoms with E-state index in [1.165, 1.54) is 16.7 Å². The van der Waals surface area contributed by atoms with Gasteiger partial charge in [0, 0.05) is 6.07 Å². The van der Waals surface area contributed by atoms with Crippen LogP contribution in [-0.4, -0.2) is 6.29 Å². The molecule has 0 saturated heterocycles. The van der Waals surface area contributed by atoms with Crippen molar-refractivity contribution in [3.63, 3.8) is 0 Å². The molecule has 4 aromatic rings. The quantitative estimate of drug-likeness (QED) is 0.218. The minimum Gasteiger partial charge on any atom is -0.489 e. The highest BCUT2D eigenvalue weighted by Crippen LogP contribution is 2.29. The Morgan fingerprint density at radius 2 is 1.67 bits per heavy atom. The molecule has 0 fully saturated rings. The van der Waals surface area contributed by atoms with Crippen molar-refractivity contribution in [3.05, 3.63) is 125 Å². The first kappa shape index (κ1) is 21.9. The Hall–Kier alpha value is -4.36. The molecule has 4 aromatic carbocycles. The Morgan fingerprint density at radius 1 is 0.848 bits per heavy atom. The van der Waals surface area contributed by atoms with Crippen molar-refractivity contribution < 1.29 is 14.3 Å². The van der Waals surface area contributed by atoms with Gasteiger partial charge in [-0.2, -0.15) is 0 Å². The molecule has 0 aliphatic rings. The van der Waals surface area contributed by atoms with Gasteiger partial charge in [0.15, 0.2) is 12.0 Å². The lowest BCUT2D eigenvalue weighted by Gasteiger charge is -2.14. The molecule has 0 unspecified atom stereocenters. The SMILES string of the molecule is [C-]#[N+]c1cccc(COc2cc(OCc3cccc(-c4ccccc4)c3C)ccc2C=O)c1. The summed E-state index contributed by atoms with van der Waals surface area (Å²) >= 11 is 0. The monoisotopic (exact) mass is 433 g/mol. The van der Waals surface area contributed by atoms with E-state index >= 15 is 0 Å². The Bertz CT molecular complexity index is 1310. The average molecular weight is 434 g/mol. The first-order valence-electron chi connectivity index (χ1n) is 10.6. The lowest BCUT2D eigenvalue weighted by molar-refractivity contribution is 0.111. The van der Waals surface area contributed by atoms with Crippen LogP contribution in [0.25, 0.3) is 16.0 Å². The molecular formula is C29H23NO3. The molecule has 0 heterocycles. The number of ether oxygens (including phenoxy) is 2. The Kier molecular flexibility index (Phi) is 6.82. The van der Waals surface area contributed by atoms with Crippen molar-refractivity contribution in [1.29, 1.82) is 0 Å². The number of rotatable bonds is 8. The Labute approximate surface area is 193 Å². The fraction of sp³-hybridized carbons (Fsp3) is 0.103. The standard InChI is InChI=1S/C29H23NO3/c1-21-25(11-7-13-28(21)23-9-4-3-5-10-23)20-32-27-15-14-24(18-31)29(17-27)33-19-22-8-6-12-26(16-22)30-2/h3-18H,19-20H2,1H3. The fourth-order valence-corrected chi connectivity index (χ4v) is 3.64. The third-order valence-electron chi connectivity index (χ3n) is 5.47. The smallest absolute Gasteiger partial charge is 0.187 e. The number of nitrogens with zero attached hydrogens (tertiary/aromatic N) is 1. The Balaban J connectivity index is 1.49. The zero-order valence-electron chi connectivity index (χ0n) is 18.3. The van der Waals surface area contributed by atoms with Crippen LogP contribution >= 0.6 is 0 Å². The minimum absolute atomic E-state index is 0.256. The molecule has 4 rings (SSSR count). The van der Waals surface area contributed by atoms with Gasteiger partial charge in [-0.1, -0.05) is 66.7 Å². The molecule has 162 valence electrons.